The largest absolute Gasteiger partial charge is 0.367 e. The number of halogens is 1. The van der Waals surface area contributed by atoms with Crippen LogP contribution in [0.15, 0.2) is 29.5 Å². The Kier molecular flexibility index (Phi) is 3.89. The third-order valence-corrected chi connectivity index (χ3v) is 2.90. The lowest BCUT2D eigenvalue weighted by Gasteiger charge is -2.09. The lowest BCUT2D eigenvalue weighted by Crippen LogP contribution is -2.13. The SMILES string of the molecule is NNc1ncnc(NCCn2ccnc2)c1Br. The minimum Gasteiger partial charge on any atom is -0.367 e. The predicted octanol–water partition coefficient (Wildman–Crippen LogP) is 0.833. The summed E-state index contributed by atoms with van der Waals surface area (Å²) in [4.78, 5) is 12.0. The Labute approximate surface area is 107 Å². The van der Waals surface area contributed by atoms with E-state index in [4.69, 9.17) is 5.84 Å². The lowest BCUT2D eigenvalue weighted by molar-refractivity contribution is 0.725. The fraction of sp³-hybridized carbons (Fsp3) is 0.222. The van der Waals surface area contributed by atoms with Crippen molar-refractivity contribution in [2.75, 3.05) is 17.3 Å². The smallest absolute Gasteiger partial charge is 0.159 e. The van der Waals surface area contributed by atoms with Crippen LogP contribution in [0, 0.1) is 0 Å². The number of imidazole rings is 1. The summed E-state index contributed by atoms with van der Waals surface area (Å²) in [6.45, 7) is 1.54. The van der Waals surface area contributed by atoms with Crippen LogP contribution >= 0.6 is 15.9 Å². The van der Waals surface area contributed by atoms with Gasteiger partial charge in [0.05, 0.1) is 6.33 Å². The number of nitrogens with zero attached hydrogens (tertiary/aromatic N) is 4. The molecule has 0 bridgehead atoms. The minimum absolute atomic E-state index is 0.546. The molecule has 0 aliphatic heterocycles. The summed E-state index contributed by atoms with van der Waals surface area (Å²) < 4.78 is 2.69. The molecule has 2 aromatic rings. The molecule has 0 radical (unpaired) electrons. The Morgan fingerprint density at radius 3 is 2.88 bits per heavy atom. The molecule has 0 aliphatic rings. The molecule has 0 atom stereocenters. The van der Waals surface area contributed by atoms with Crippen LogP contribution in [0.4, 0.5) is 11.6 Å². The highest BCUT2D eigenvalue weighted by Crippen LogP contribution is 2.25. The quantitative estimate of drug-likeness (QED) is 0.559. The number of nitrogens with two attached hydrogens (primary N) is 1. The van der Waals surface area contributed by atoms with E-state index in [-0.39, 0.29) is 0 Å². The molecule has 90 valence electrons. The van der Waals surface area contributed by atoms with E-state index in [2.05, 4.69) is 41.6 Å². The topological polar surface area (TPSA) is 93.7 Å². The summed E-state index contributed by atoms with van der Waals surface area (Å²) in [6, 6.07) is 0. The second-order valence-electron chi connectivity index (χ2n) is 3.26. The summed E-state index contributed by atoms with van der Waals surface area (Å²) in [5, 5.41) is 3.18. The number of nitrogen functional groups attached to an aromatic ring is 1. The van der Waals surface area contributed by atoms with E-state index >= 15 is 0 Å². The van der Waals surface area contributed by atoms with Crippen molar-refractivity contribution < 1.29 is 0 Å². The average molecular weight is 298 g/mol. The molecule has 2 rings (SSSR count). The van der Waals surface area contributed by atoms with Gasteiger partial charge in [-0.2, -0.15) is 0 Å². The fourth-order valence-corrected chi connectivity index (χ4v) is 1.78. The van der Waals surface area contributed by atoms with Gasteiger partial charge in [0, 0.05) is 25.5 Å². The molecule has 0 amide bonds. The maximum absolute atomic E-state index is 5.31. The Morgan fingerprint density at radius 2 is 2.18 bits per heavy atom. The van der Waals surface area contributed by atoms with Gasteiger partial charge in [0.2, 0.25) is 0 Å². The summed E-state index contributed by atoms with van der Waals surface area (Å²) in [5.74, 6) is 6.56. The van der Waals surface area contributed by atoms with E-state index in [0.717, 1.165) is 13.1 Å². The standard InChI is InChI=1S/C9H12BrN7/c10-7-8(14-5-15-9(7)16-11)13-2-4-17-3-1-12-6-17/h1,3,5-6H,2,4,11H2,(H2,13,14,15,16). The highest BCUT2D eigenvalue weighted by molar-refractivity contribution is 9.10. The number of hydrogen-bond donors (Lipinski definition) is 3. The van der Waals surface area contributed by atoms with Crippen molar-refractivity contribution in [3.05, 3.63) is 29.5 Å². The number of hydrazine groups is 1. The van der Waals surface area contributed by atoms with Crippen molar-refractivity contribution in [1.82, 2.24) is 19.5 Å². The number of aromatic nitrogens is 4. The molecule has 4 N–H and O–H groups in total. The van der Waals surface area contributed by atoms with Gasteiger partial charge < -0.3 is 15.3 Å². The number of hydrogen-bond acceptors (Lipinski definition) is 6. The monoisotopic (exact) mass is 297 g/mol. The molecule has 2 heterocycles. The predicted molar refractivity (Wildman–Crippen MR) is 68.3 cm³/mol. The van der Waals surface area contributed by atoms with Crippen LogP contribution in [-0.2, 0) is 6.54 Å². The van der Waals surface area contributed by atoms with Crippen LogP contribution in [-0.4, -0.2) is 26.1 Å². The van der Waals surface area contributed by atoms with Gasteiger partial charge in [-0.25, -0.2) is 20.8 Å². The molecule has 0 aliphatic carbocycles. The van der Waals surface area contributed by atoms with E-state index in [9.17, 15) is 0 Å². The zero-order valence-corrected chi connectivity index (χ0v) is 10.6. The summed E-state index contributed by atoms with van der Waals surface area (Å²) in [7, 11) is 0. The third-order valence-electron chi connectivity index (χ3n) is 2.15. The first-order chi connectivity index (χ1) is 8.31. The van der Waals surface area contributed by atoms with Crippen LogP contribution in [0.3, 0.4) is 0 Å². The van der Waals surface area contributed by atoms with Gasteiger partial charge in [-0.15, -0.1) is 0 Å². The highest BCUT2D eigenvalue weighted by atomic mass is 79.9. The molecular formula is C9H12BrN7. The highest BCUT2D eigenvalue weighted by Gasteiger charge is 2.06. The van der Waals surface area contributed by atoms with Crippen molar-refractivity contribution >= 4 is 27.6 Å². The molecular weight excluding hydrogens is 286 g/mol. The summed E-state index contributed by atoms with van der Waals surface area (Å²) in [6.07, 6.45) is 6.86. The zero-order valence-electron chi connectivity index (χ0n) is 8.97. The Balaban J connectivity index is 1.95. The molecule has 7 nitrogen and oxygen atoms in total. The van der Waals surface area contributed by atoms with E-state index in [0.29, 0.717) is 16.1 Å². The fourth-order valence-electron chi connectivity index (χ4n) is 1.32. The van der Waals surface area contributed by atoms with Crippen molar-refractivity contribution in [3.63, 3.8) is 0 Å². The van der Waals surface area contributed by atoms with Gasteiger partial charge >= 0.3 is 0 Å². The molecule has 0 saturated heterocycles. The Morgan fingerprint density at radius 1 is 1.35 bits per heavy atom. The van der Waals surface area contributed by atoms with Crippen LogP contribution in [0.1, 0.15) is 0 Å². The van der Waals surface area contributed by atoms with Crippen molar-refractivity contribution in [3.8, 4) is 0 Å². The van der Waals surface area contributed by atoms with Gasteiger partial charge in [0.25, 0.3) is 0 Å². The second kappa shape index (κ2) is 5.60. The van der Waals surface area contributed by atoms with Crippen LogP contribution < -0.4 is 16.6 Å². The molecule has 8 heteroatoms. The van der Waals surface area contributed by atoms with Crippen molar-refractivity contribution in [2.45, 2.75) is 6.54 Å². The van der Waals surface area contributed by atoms with E-state index in [1.807, 2.05) is 10.8 Å². The van der Waals surface area contributed by atoms with Gasteiger partial charge in [0.15, 0.2) is 5.82 Å². The first kappa shape index (κ1) is 11.8. The number of anilines is 2. The first-order valence-electron chi connectivity index (χ1n) is 4.98. The number of nitrogens with one attached hydrogen (secondary N) is 2. The molecule has 17 heavy (non-hydrogen) atoms. The zero-order chi connectivity index (χ0) is 12.1. The van der Waals surface area contributed by atoms with Crippen LogP contribution in [0.5, 0.6) is 0 Å². The number of rotatable bonds is 5. The Hall–Kier alpha value is -1.67. The lowest BCUT2D eigenvalue weighted by atomic mass is 10.5. The normalized spacial score (nSPS) is 10.2. The minimum atomic E-state index is 0.546. The molecule has 2 aromatic heterocycles. The molecule has 0 saturated carbocycles. The van der Waals surface area contributed by atoms with E-state index in [1.165, 1.54) is 6.33 Å². The van der Waals surface area contributed by atoms with Gasteiger partial charge in [0.1, 0.15) is 16.6 Å². The van der Waals surface area contributed by atoms with E-state index in [1.54, 1.807) is 12.5 Å². The van der Waals surface area contributed by atoms with Crippen LogP contribution in [0.2, 0.25) is 0 Å². The Bertz CT molecular complexity index is 470. The average Bonchev–Trinajstić information content (AvgIpc) is 2.84. The summed E-state index contributed by atoms with van der Waals surface area (Å²) >= 11 is 3.37. The van der Waals surface area contributed by atoms with Crippen molar-refractivity contribution in [2.24, 2.45) is 5.84 Å². The molecule has 0 aromatic carbocycles. The summed E-state index contributed by atoms with van der Waals surface area (Å²) in [5.41, 5.74) is 2.49. The molecule has 0 spiro atoms. The third kappa shape index (κ3) is 2.92. The maximum atomic E-state index is 5.31. The second-order valence-corrected chi connectivity index (χ2v) is 4.05. The van der Waals surface area contributed by atoms with Gasteiger partial charge in [-0.05, 0) is 15.9 Å². The first-order valence-corrected chi connectivity index (χ1v) is 5.77. The molecule has 0 fully saturated rings. The van der Waals surface area contributed by atoms with Gasteiger partial charge in [-0.1, -0.05) is 0 Å². The maximum Gasteiger partial charge on any atom is 0.159 e. The molecule has 0 unspecified atom stereocenters. The van der Waals surface area contributed by atoms with Gasteiger partial charge in [-0.3, -0.25) is 0 Å². The van der Waals surface area contributed by atoms with E-state index < -0.39 is 0 Å². The van der Waals surface area contributed by atoms with Crippen molar-refractivity contribution in [1.29, 1.82) is 0 Å². The van der Waals surface area contributed by atoms with Crippen LogP contribution in [0.25, 0.3) is 0 Å².